The van der Waals surface area contributed by atoms with Crippen molar-refractivity contribution in [2.75, 3.05) is 7.11 Å². The standard InChI is InChI=1S/C10H12O4S/c1-6(9(11)12)5-7-3-4-8(15-7)10(13)14-2/h3-4,6H,5H2,1-2H3,(H,11,12). The molecule has 0 radical (unpaired) electrons. The Bertz CT molecular complexity index is 369. The summed E-state index contributed by atoms with van der Waals surface area (Å²) < 4.78 is 4.56. The minimum absolute atomic E-state index is 0.380. The minimum atomic E-state index is -0.831. The Kier molecular flexibility index (Phi) is 3.85. The number of hydrogen-bond donors (Lipinski definition) is 1. The lowest BCUT2D eigenvalue weighted by Gasteiger charge is -2.02. The monoisotopic (exact) mass is 228 g/mol. The van der Waals surface area contributed by atoms with Gasteiger partial charge in [0.1, 0.15) is 4.88 Å². The molecule has 0 saturated heterocycles. The van der Waals surface area contributed by atoms with Gasteiger partial charge in [-0.25, -0.2) is 4.79 Å². The Balaban J connectivity index is 2.68. The first-order valence-electron chi connectivity index (χ1n) is 4.44. The normalized spacial score (nSPS) is 12.1. The lowest BCUT2D eigenvalue weighted by Crippen LogP contribution is -2.11. The van der Waals surface area contributed by atoms with Gasteiger partial charge in [-0.2, -0.15) is 0 Å². The van der Waals surface area contributed by atoms with Crippen LogP contribution in [0.4, 0.5) is 0 Å². The molecule has 4 nitrogen and oxygen atoms in total. The average molecular weight is 228 g/mol. The van der Waals surface area contributed by atoms with Crippen molar-refractivity contribution in [2.45, 2.75) is 13.3 Å². The van der Waals surface area contributed by atoms with Crippen LogP contribution in [-0.2, 0) is 16.0 Å². The van der Waals surface area contributed by atoms with Crippen molar-refractivity contribution in [2.24, 2.45) is 5.92 Å². The van der Waals surface area contributed by atoms with Gasteiger partial charge in [0.25, 0.3) is 0 Å². The van der Waals surface area contributed by atoms with E-state index in [1.807, 2.05) is 0 Å². The average Bonchev–Trinajstić information content (AvgIpc) is 2.65. The van der Waals surface area contributed by atoms with E-state index in [4.69, 9.17) is 5.11 Å². The molecule has 82 valence electrons. The summed E-state index contributed by atoms with van der Waals surface area (Å²) in [6.45, 7) is 1.64. The fourth-order valence-electron chi connectivity index (χ4n) is 1.09. The summed E-state index contributed by atoms with van der Waals surface area (Å²) in [5.41, 5.74) is 0. The molecular formula is C10H12O4S. The van der Waals surface area contributed by atoms with Crippen molar-refractivity contribution < 1.29 is 19.4 Å². The molecule has 0 aliphatic rings. The number of carboxylic acids is 1. The van der Waals surface area contributed by atoms with Crippen LogP contribution in [-0.4, -0.2) is 24.2 Å². The Morgan fingerprint density at radius 2 is 2.20 bits per heavy atom. The number of aliphatic carboxylic acids is 1. The Morgan fingerprint density at radius 1 is 1.53 bits per heavy atom. The highest BCUT2D eigenvalue weighted by Gasteiger charge is 2.15. The maximum Gasteiger partial charge on any atom is 0.348 e. The summed E-state index contributed by atoms with van der Waals surface area (Å²) in [7, 11) is 1.32. The van der Waals surface area contributed by atoms with E-state index < -0.39 is 11.9 Å². The summed E-state index contributed by atoms with van der Waals surface area (Å²) in [6.07, 6.45) is 0.441. The molecular weight excluding hydrogens is 216 g/mol. The van der Waals surface area contributed by atoms with Crippen LogP contribution in [0.5, 0.6) is 0 Å². The van der Waals surface area contributed by atoms with E-state index in [-0.39, 0.29) is 5.97 Å². The van der Waals surface area contributed by atoms with E-state index in [1.165, 1.54) is 18.4 Å². The highest BCUT2D eigenvalue weighted by atomic mass is 32.1. The van der Waals surface area contributed by atoms with Crippen LogP contribution in [0, 0.1) is 5.92 Å². The molecule has 0 saturated carbocycles. The predicted molar refractivity (Wildman–Crippen MR) is 56.2 cm³/mol. The largest absolute Gasteiger partial charge is 0.481 e. The molecule has 1 rings (SSSR count). The molecule has 0 amide bonds. The van der Waals surface area contributed by atoms with Crippen molar-refractivity contribution >= 4 is 23.3 Å². The molecule has 0 aromatic carbocycles. The molecule has 0 aliphatic carbocycles. The summed E-state index contributed by atoms with van der Waals surface area (Å²) in [5, 5.41) is 8.72. The zero-order chi connectivity index (χ0) is 11.4. The fourth-order valence-corrected chi connectivity index (χ4v) is 2.14. The van der Waals surface area contributed by atoms with Crippen LogP contribution < -0.4 is 0 Å². The van der Waals surface area contributed by atoms with E-state index in [1.54, 1.807) is 19.1 Å². The van der Waals surface area contributed by atoms with E-state index in [2.05, 4.69) is 4.74 Å². The maximum absolute atomic E-state index is 11.1. The summed E-state index contributed by atoms with van der Waals surface area (Å²) in [6, 6.07) is 3.41. The first-order chi connectivity index (χ1) is 7.04. The highest BCUT2D eigenvalue weighted by molar-refractivity contribution is 7.13. The number of carboxylic acid groups (broad SMARTS) is 1. The maximum atomic E-state index is 11.1. The number of esters is 1. The third-order valence-corrected chi connectivity index (χ3v) is 3.06. The first kappa shape index (κ1) is 11.7. The third-order valence-electron chi connectivity index (χ3n) is 1.98. The number of ether oxygens (including phenoxy) is 1. The Hall–Kier alpha value is -1.36. The molecule has 0 fully saturated rings. The number of methoxy groups -OCH3 is 1. The Morgan fingerprint density at radius 3 is 2.73 bits per heavy atom. The molecule has 1 heterocycles. The zero-order valence-corrected chi connectivity index (χ0v) is 9.34. The van der Waals surface area contributed by atoms with Crippen molar-refractivity contribution in [1.29, 1.82) is 0 Å². The molecule has 5 heteroatoms. The molecule has 15 heavy (non-hydrogen) atoms. The molecule has 1 aromatic rings. The van der Waals surface area contributed by atoms with Crippen molar-refractivity contribution in [3.05, 3.63) is 21.9 Å². The van der Waals surface area contributed by atoms with Crippen LogP contribution in [0.3, 0.4) is 0 Å². The van der Waals surface area contributed by atoms with Gasteiger partial charge in [-0.1, -0.05) is 6.92 Å². The number of thiophene rings is 1. The molecule has 1 aromatic heterocycles. The Labute approximate surface area is 91.5 Å². The number of rotatable bonds is 4. The van der Waals surface area contributed by atoms with Crippen LogP contribution in [0.15, 0.2) is 12.1 Å². The van der Waals surface area contributed by atoms with Gasteiger partial charge in [0.05, 0.1) is 13.0 Å². The van der Waals surface area contributed by atoms with Crippen molar-refractivity contribution in [3.8, 4) is 0 Å². The van der Waals surface area contributed by atoms with Crippen LogP contribution in [0.25, 0.3) is 0 Å². The van der Waals surface area contributed by atoms with Crippen molar-refractivity contribution in [3.63, 3.8) is 0 Å². The number of carbonyl (C=O) groups excluding carboxylic acids is 1. The zero-order valence-electron chi connectivity index (χ0n) is 8.52. The summed E-state index contributed by atoms with van der Waals surface area (Å²) >= 11 is 1.27. The fraction of sp³-hybridized carbons (Fsp3) is 0.400. The van der Waals surface area contributed by atoms with Gasteiger partial charge in [0.2, 0.25) is 0 Å². The molecule has 1 N–H and O–H groups in total. The quantitative estimate of drug-likeness (QED) is 0.798. The van der Waals surface area contributed by atoms with Gasteiger partial charge in [0, 0.05) is 4.88 Å². The number of hydrogen-bond acceptors (Lipinski definition) is 4. The topological polar surface area (TPSA) is 63.6 Å². The van der Waals surface area contributed by atoms with Crippen molar-refractivity contribution in [1.82, 2.24) is 0 Å². The molecule has 0 bridgehead atoms. The van der Waals surface area contributed by atoms with E-state index in [9.17, 15) is 9.59 Å². The summed E-state index contributed by atoms with van der Waals surface area (Å²) in [5.74, 6) is -1.65. The van der Waals surface area contributed by atoms with Gasteiger partial charge < -0.3 is 9.84 Å². The van der Waals surface area contributed by atoms with Crippen LogP contribution in [0.2, 0.25) is 0 Å². The highest BCUT2D eigenvalue weighted by Crippen LogP contribution is 2.20. The molecule has 1 unspecified atom stereocenters. The van der Waals surface area contributed by atoms with E-state index in [0.29, 0.717) is 11.3 Å². The summed E-state index contributed by atoms with van der Waals surface area (Å²) in [4.78, 5) is 23.1. The molecule has 0 aliphatic heterocycles. The first-order valence-corrected chi connectivity index (χ1v) is 5.26. The van der Waals surface area contributed by atoms with Gasteiger partial charge in [0.15, 0.2) is 0 Å². The van der Waals surface area contributed by atoms with Gasteiger partial charge >= 0.3 is 11.9 Å². The lowest BCUT2D eigenvalue weighted by molar-refractivity contribution is -0.141. The van der Waals surface area contributed by atoms with E-state index >= 15 is 0 Å². The lowest BCUT2D eigenvalue weighted by atomic mass is 10.1. The van der Waals surface area contributed by atoms with Gasteiger partial charge in [-0.05, 0) is 18.6 Å². The van der Waals surface area contributed by atoms with Gasteiger partial charge in [-0.15, -0.1) is 11.3 Å². The second kappa shape index (κ2) is 4.93. The smallest absolute Gasteiger partial charge is 0.348 e. The second-order valence-corrected chi connectivity index (χ2v) is 4.37. The van der Waals surface area contributed by atoms with Crippen LogP contribution in [0.1, 0.15) is 21.5 Å². The molecule has 1 atom stereocenters. The van der Waals surface area contributed by atoms with Gasteiger partial charge in [-0.3, -0.25) is 4.79 Å². The minimum Gasteiger partial charge on any atom is -0.481 e. The number of carbonyl (C=O) groups is 2. The SMILES string of the molecule is COC(=O)c1ccc(CC(C)C(=O)O)s1. The third kappa shape index (κ3) is 3.06. The van der Waals surface area contributed by atoms with Crippen LogP contribution >= 0.6 is 11.3 Å². The van der Waals surface area contributed by atoms with E-state index in [0.717, 1.165) is 4.88 Å². The second-order valence-electron chi connectivity index (χ2n) is 3.20. The molecule has 0 spiro atoms. The predicted octanol–water partition coefficient (Wildman–Crippen LogP) is 1.80.